The lowest BCUT2D eigenvalue weighted by atomic mass is 10.3. The Hall–Kier alpha value is -2.51. The molecular formula is C12H10F3N3O2. The lowest BCUT2D eigenvalue weighted by molar-refractivity contribution is -0.141. The summed E-state index contributed by atoms with van der Waals surface area (Å²) in [7, 11) is 0. The van der Waals surface area contributed by atoms with Crippen LogP contribution in [0.4, 0.5) is 18.9 Å². The zero-order chi connectivity index (χ0) is 14.9. The molecule has 0 aliphatic heterocycles. The number of halogens is 3. The second-order valence-electron chi connectivity index (χ2n) is 4.03. The van der Waals surface area contributed by atoms with Crippen molar-refractivity contribution in [2.24, 2.45) is 0 Å². The molecule has 1 aromatic heterocycles. The molecule has 106 valence electrons. The molecule has 1 amide bonds. The topological polar surface area (TPSA) is 67.2 Å². The smallest absolute Gasteiger partial charge is 0.435 e. The van der Waals surface area contributed by atoms with Crippen LogP contribution in [0.2, 0.25) is 0 Å². The molecule has 0 aliphatic carbocycles. The van der Waals surface area contributed by atoms with Crippen LogP contribution in [0, 0.1) is 0 Å². The summed E-state index contributed by atoms with van der Waals surface area (Å²) in [5, 5.41) is 15.3. The average molecular weight is 285 g/mol. The summed E-state index contributed by atoms with van der Waals surface area (Å²) in [4.78, 5) is 10.8. The summed E-state index contributed by atoms with van der Waals surface area (Å²) in [6.45, 7) is 1.34. The third-order valence-electron chi connectivity index (χ3n) is 2.41. The zero-order valence-corrected chi connectivity index (χ0v) is 10.3. The van der Waals surface area contributed by atoms with Crippen molar-refractivity contribution in [3.05, 3.63) is 36.0 Å². The molecule has 0 saturated carbocycles. The number of aromatic nitrogens is 2. The third kappa shape index (κ3) is 2.90. The second kappa shape index (κ2) is 4.87. The van der Waals surface area contributed by atoms with Crippen LogP contribution in [0.3, 0.4) is 0 Å². The van der Waals surface area contributed by atoms with E-state index in [0.29, 0.717) is 11.8 Å². The summed E-state index contributed by atoms with van der Waals surface area (Å²) >= 11 is 0. The SMILES string of the molecule is CC(=O)Nc1ccc(-n2nc(C(F)(F)F)cc2O)cc1. The van der Waals surface area contributed by atoms with Gasteiger partial charge < -0.3 is 10.4 Å². The van der Waals surface area contributed by atoms with Gasteiger partial charge >= 0.3 is 6.18 Å². The third-order valence-corrected chi connectivity index (χ3v) is 2.41. The van der Waals surface area contributed by atoms with E-state index in [2.05, 4.69) is 10.4 Å². The van der Waals surface area contributed by atoms with Crippen LogP contribution < -0.4 is 5.32 Å². The fourth-order valence-corrected chi connectivity index (χ4v) is 1.59. The van der Waals surface area contributed by atoms with Crippen molar-refractivity contribution in [3.63, 3.8) is 0 Å². The molecule has 0 atom stereocenters. The highest BCUT2D eigenvalue weighted by Crippen LogP contribution is 2.31. The molecule has 0 aliphatic rings. The van der Waals surface area contributed by atoms with Crippen LogP contribution in [0.1, 0.15) is 12.6 Å². The quantitative estimate of drug-likeness (QED) is 0.891. The van der Waals surface area contributed by atoms with E-state index < -0.39 is 17.8 Å². The number of carbonyl (C=O) groups is 1. The first-order valence-electron chi connectivity index (χ1n) is 5.51. The lowest BCUT2D eigenvalue weighted by Gasteiger charge is -2.06. The Kier molecular flexibility index (Phi) is 3.39. The average Bonchev–Trinajstić information content (AvgIpc) is 2.71. The Labute approximate surface area is 111 Å². The first kappa shape index (κ1) is 13.9. The molecule has 0 bridgehead atoms. The van der Waals surface area contributed by atoms with Gasteiger partial charge in [-0.3, -0.25) is 4.79 Å². The zero-order valence-electron chi connectivity index (χ0n) is 10.3. The van der Waals surface area contributed by atoms with E-state index in [4.69, 9.17) is 0 Å². The largest absolute Gasteiger partial charge is 0.493 e. The number of rotatable bonds is 2. The highest BCUT2D eigenvalue weighted by Gasteiger charge is 2.35. The Bertz CT molecular complexity index is 632. The molecule has 0 radical (unpaired) electrons. The number of nitrogens with one attached hydrogen (secondary N) is 1. The van der Waals surface area contributed by atoms with Crippen LogP contribution in [0.15, 0.2) is 30.3 Å². The number of nitrogens with zero attached hydrogens (tertiary/aromatic N) is 2. The molecule has 20 heavy (non-hydrogen) atoms. The summed E-state index contributed by atoms with van der Waals surface area (Å²) < 4.78 is 38.2. The van der Waals surface area contributed by atoms with E-state index in [9.17, 15) is 23.1 Å². The normalized spacial score (nSPS) is 11.4. The molecule has 0 saturated heterocycles. The van der Waals surface area contributed by atoms with Gasteiger partial charge in [0.15, 0.2) is 5.69 Å². The Balaban J connectivity index is 2.32. The first-order chi connectivity index (χ1) is 9.27. The molecule has 1 aromatic carbocycles. The summed E-state index contributed by atoms with van der Waals surface area (Å²) in [5.74, 6) is -0.886. The Morgan fingerprint density at radius 1 is 1.30 bits per heavy atom. The van der Waals surface area contributed by atoms with Crippen LogP contribution in [-0.2, 0) is 11.0 Å². The van der Waals surface area contributed by atoms with Crippen molar-refractivity contribution in [3.8, 4) is 11.6 Å². The van der Waals surface area contributed by atoms with Crippen molar-refractivity contribution in [2.45, 2.75) is 13.1 Å². The predicted octanol–water partition coefficient (Wildman–Crippen LogP) is 2.56. The van der Waals surface area contributed by atoms with E-state index in [1.165, 1.54) is 31.2 Å². The first-order valence-corrected chi connectivity index (χ1v) is 5.51. The number of anilines is 1. The highest BCUT2D eigenvalue weighted by molar-refractivity contribution is 5.88. The summed E-state index contributed by atoms with van der Waals surface area (Å²) in [5.41, 5.74) is -0.447. The molecule has 2 aromatic rings. The number of aromatic hydroxyl groups is 1. The van der Waals surface area contributed by atoms with Gasteiger partial charge in [0.25, 0.3) is 0 Å². The van der Waals surface area contributed by atoms with Crippen molar-refractivity contribution in [1.82, 2.24) is 9.78 Å². The van der Waals surface area contributed by atoms with E-state index in [1.54, 1.807) is 0 Å². The van der Waals surface area contributed by atoms with Crippen LogP contribution in [-0.4, -0.2) is 20.8 Å². The van der Waals surface area contributed by atoms with E-state index in [-0.39, 0.29) is 11.6 Å². The highest BCUT2D eigenvalue weighted by atomic mass is 19.4. The van der Waals surface area contributed by atoms with Gasteiger partial charge in [-0.1, -0.05) is 0 Å². The second-order valence-corrected chi connectivity index (χ2v) is 4.03. The molecule has 8 heteroatoms. The minimum absolute atomic E-state index is 0.243. The van der Waals surface area contributed by atoms with Gasteiger partial charge in [0.1, 0.15) is 0 Å². The number of hydrogen-bond acceptors (Lipinski definition) is 3. The number of benzene rings is 1. The van der Waals surface area contributed by atoms with Gasteiger partial charge in [0.2, 0.25) is 11.8 Å². The molecule has 2 rings (SSSR count). The Morgan fingerprint density at radius 2 is 1.90 bits per heavy atom. The molecule has 0 fully saturated rings. The maximum absolute atomic E-state index is 12.5. The van der Waals surface area contributed by atoms with Crippen molar-refractivity contribution in [1.29, 1.82) is 0 Å². The van der Waals surface area contributed by atoms with Gasteiger partial charge in [-0.15, -0.1) is 0 Å². The molecule has 1 heterocycles. The van der Waals surface area contributed by atoms with Gasteiger partial charge in [-0.05, 0) is 24.3 Å². The maximum atomic E-state index is 12.5. The fraction of sp³-hybridized carbons (Fsp3) is 0.167. The van der Waals surface area contributed by atoms with Gasteiger partial charge in [-0.25, -0.2) is 4.68 Å². The van der Waals surface area contributed by atoms with Crippen molar-refractivity contribution in [2.75, 3.05) is 5.32 Å². The number of alkyl halides is 3. The minimum atomic E-state index is -4.63. The lowest BCUT2D eigenvalue weighted by Crippen LogP contribution is -2.08. The molecule has 5 nitrogen and oxygen atoms in total. The van der Waals surface area contributed by atoms with Crippen LogP contribution >= 0.6 is 0 Å². The van der Waals surface area contributed by atoms with Crippen LogP contribution in [0.25, 0.3) is 5.69 Å². The van der Waals surface area contributed by atoms with E-state index in [0.717, 1.165) is 4.68 Å². The fourth-order valence-electron chi connectivity index (χ4n) is 1.59. The monoisotopic (exact) mass is 285 g/mol. The van der Waals surface area contributed by atoms with E-state index in [1.807, 2.05) is 0 Å². The minimum Gasteiger partial charge on any atom is -0.493 e. The number of hydrogen-bond donors (Lipinski definition) is 2. The molecular weight excluding hydrogens is 275 g/mol. The molecule has 0 unspecified atom stereocenters. The number of carbonyl (C=O) groups excluding carboxylic acids is 1. The molecule has 0 spiro atoms. The Morgan fingerprint density at radius 3 is 2.35 bits per heavy atom. The maximum Gasteiger partial charge on any atom is 0.435 e. The van der Waals surface area contributed by atoms with E-state index >= 15 is 0 Å². The predicted molar refractivity (Wildman–Crippen MR) is 64.5 cm³/mol. The van der Waals surface area contributed by atoms with Crippen molar-refractivity contribution < 1.29 is 23.1 Å². The molecule has 2 N–H and O–H groups in total. The van der Waals surface area contributed by atoms with Gasteiger partial charge in [0, 0.05) is 18.7 Å². The van der Waals surface area contributed by atoms with Crippen molar-refractivity contribution >= 4 is 11.6 Å². The summed E-state index contributed by atoms with van der Waals surface area (Å²) in [6.07, 6.45) is -4.63. The van der Waals surface area contributed by atoms with Gasteiger partial charge in [-0.2, -0.15) is 18.3 Å². The van der Waals surface area contributed by atoms with Gasteiger partial charge in [0.05, 0.1) is 5.69 Å². The number of amides is 1. The van der Waals surface area contributed by atoms with Crippen LogP contribution in [0.5, 0.6) is 5.88 Å². The summed E-state index contributed by atoms with van der Waals surface area (Å²) in [6, 6.07) is 6.38. The standard InChI is InChI=1S/C12H10F3N3O2/c1-7(19)16-8-2-4-9(5-3-8)18-11(20)6-10(17-18)12(13,14)15/h2-6,20H,1H3,(H,16,19).